The third-order valence-electron chi connectivity index (χ3n) is 2.63. The van der Waals surface area contributed by atoms with Gasteiger partial charge in [0, 0.05) is 11.6 Å². The van der Waals surface area contributed by atoms with Crippen molar-refractivity contribution in [3.05, 3.63) is 47.5 Å². The summed E-state index contributed by atoms with van der Waals surface area (Å²) in [7, 11) is 0. The average Bonchev–Trinajstić information content (AvgIpc) is 3.00. The highest BCUT2D eigenvalue weighted by molar-refractivity contribution is 6.30. The summed E-state index contributed by atoms with van der Waals surface area (Å²) in [5.41, 5.74) is 6.72. The second-order valence-electron chi connectivity index (χ2n) is 4.14. The lowest BCUT2D eigenvalue weighted by Crippen LogP contribution is -2.11. The van der Waals surface area contributed by atoms with Crippen molar-refractivity contribution in [2.75, 3.05) is 11.1 Å². The van der Waals surface area contributed by atoms with E-state index in [1.54, 1.807) is 0 Å². The maximum absolute atomic E-state index is 5.84. The average molecular weight is 303 g/mol. The largest absolute Gasteiger partial charge is 0.368 e. The van der Waals surface area contributed by atoms with E-state index < -0.39 is 0 Å². The third-order valence-corrected chi connectivity index (χ3v) is 2.88. The van der Waals surface area contributed by atoms with Crippen LogP contribution in [0.3, 0.4) is 0 Å². The number of nitrogens with two attached hydrogens (primary N) is 1. The van der Waals surface area contributed by atoms with E-state index in [0.717, 1.165) is 5.56 Å². The number of hydrogen-bond acceptors (Lipinski definition) is 7. The number of halogens is 1. The van der Waals surface area contributed by atoms with Gasteiger partial charge < -0.3 is 11.1 Å². The van der Waals surface area contributed by atoms with E-state index in [9.17, 15) is 0 Å². The molecule has 9 heteroatoms. The monoisotopic (exact) mass is 302 g/mol. The maximum atomic E-state index is 5.84. The predicted octanol–water partition coefficient (Wildman–Crippen LogP) is 1.30. The van der Waals surface area contributed by atoms with E-state index in [4.69, 9.17) is 17.3 Å². The molecule has 2 aromatic heterocycles. The summed E-state index contributed by atoms with van der Waals surface area (Å²) < 4.78 is 1.41. The number of benzene rings is 1. The van der Waals surface area contributed by atoms with Crippen LogP contribution in [0, 0.1) is 0 Å². The van der Waals surface area contributed by atoms with Crippen molar-refractivity contribution in [1.82, 2.24) is 29.7 Å². The molecule has 0 saturated carbocycles. The number of anilines is 2. The molecule has 0 fully saturated rings. The van der Waals surface area contributed by atoms with Crippen LogP contribution < -0.4 is 11.1 Å². The minimum absolute atomic E-state index is 0.106. The highest BCUT2D eigenvalue weighted by Gasteiger charge is 2.06. The van der Waals surface area contributed by atoms with Crippen molar-refractivity contribution < 1.29 is 0 Å². The Hall–Kier alpha value is -2.74. The zero-order chi connectivity index (χ0) is 14.7. The Morgan fingerprint density at radius 1 is 1.14 bits per heavy atom. The van der Waals surface area contributed by atoms with Crippen molar-refractivity contribution in [1.29, 1.82) is 0 Å². The van der Waals surface area contributed by atoms with Gasteiger partial charge in [0.25, 0.3) is 5.95 Å². The standard InChI is InChI=1S/C12H11ClN8/c13-9-3-1-8(2-4-9)5-16-11-18-10(14)19-12(20-11)21-7-15-6-17-21/h1-4,6-7H,5H2,(H3,14,16,18,19,20). The van der Waals surface area contributed by atoms with Crippen LogP contribution in [0.15, 0.2) is 36.9 Å². The first-order chi connectivity index (χ1) is 10.2. The Balaban J connectivity index is 1.78. The molecule has 2 heterocycles. The SMILES string of the molecule is Nc1nc(NCc2ccc(Cl)cc2)nc(-n2cncn2)n1. The fraction of sp³-hybridized carbons (Fsp3) is 0.0833. The van der Waals surface area contributed by atoms with Crippen LogP contribution in [-0.4, -0.2) is 29.7 Å². The van der Waals surface area contributed by atoms with Gasteiger partial charge in [0.05, 0.1) is 0 Å². The normalized spacial score (nSPS) is 10.5. The molecule has 0 radical (unpaired) electrons. The summed E-state index contributed by atoms with van der Waals surface area (Å²) in [4.78, 5) is 16.1. The van der Waals surface area contributed by atoms with Crippen LogP contribution in [0.1, 0.15) is 5.56 Å². The van der Waals surface area contributed by atoms with E-state index in [1.807, 2.05) is 24.3 Å². The Bertz CT molecular complexity index is 726. The van der Waals surface area contributed by atoms with Gasteiger partial charge in [-0.3, -0.25) is 0 Å². The molecular formula is C12H11ClN8. The molecule has 0 aliphatic rings. The molecule has 0 amide bonds. The number of nitrogen functional groups attached to an aromatic ring is 1. The first-order valence-electron chi connectivity index (χ1n) is 6.05. The Morgan fingerprint density at radius 3 is 2.67 bits per heavy atom. The molecule has 0 bridgehead atoms. The van der Waals surface area contributed by atoms with Crippen LogP contribution in [0.5, 0.6) is 0 Å². The van der Waals surface area contributed by atoms with Gasteiger partial charge in [-0.15, -0.1) is 0 Å². The van der Waals surface area contributed by atoms with Crippen LogP contribution >= 0.6 is 11.6 Å². The Labute approximate surface area is 125 Å². The lowest BCUT2D eigenvalue weighted by atomic mass is 10.2. The summed E-state index contributed by atoms with van der Waals surface area (Å²) >= 11 is 5.84. The number of rotatable bonds is 4. The summed E-state index contributed by atoms with van der Waals surface area (Å²) in [6.07, 6.45) is 2.87. The van der Waals surface area contributed by atoms with E-state index in [-0.39, 0.29) is 5.95 Å². The zero-order valence-electron chi connectivity index (χ0n) is 10.8. The molecule has 8 nitrogen and oxygen atoms in total. The van der Waals surface area contributed by atoms with Gasteiger partial charge in [-0.1, -0.05) is 23.7 Å². The fourth-order valence-electron chi connectivity index (χ4n) is 1.66. The van der Waals surface area contributed by atoms with Gasteiger partial charge >= 0.3 is 0 Å². The highest BCUT2D eigenvalue weighted by Crippen LogP contribution is 2.11. The van der Waals surface area contributed by atoms with Crippen molar-refractivity contribution in [3.63, 3.8) is 0 Å². The van der Waals surface area contributed by atoms with E-state index >= 15 is 0 Å². The Morgan fingerprint density at radius 2 is 1.95 bits per heavy atom. The molecule has 106 valence electrons. The van der Waals surface area contributed by atoms with Crippen molar-refractivity contribution in [3.8, 4) is 5.95 Å². The van der Waals surface area contributed by atoms with Gasteiger partial charge in [-0.25, -0.2) is 4.98 Å². The van der Waals surface area contributed by atoms with Gasteiger partial charge in [0.1, 0.15) is 12.7 Å². The first kappa shape index (κ1) is 13.3. The molecule has 3 N–H and O–H groups in total. The summed E-state index contributed by atoms with van der Waals surface area (Å²) in [6, 6.07) is 7.47. The van der Waals surface area contributed by atoms with Gasteiger partial charge in [0.2, 0.25) is 11.9 Å². The fourth-order valence-corrected chi connectivity index (χ4v) is 1.78. The van der Waals surface area contributed by atoms with Crippen LogP contribution in [0.2, 0.25) is 5.02 Å². The molecule has 0 aliphatic heterocycles. The van der Waals surface area contributed by atoms with E-state index in [2.05, 4.69) is 30.4 Å². The lowest BCUT2D eigenvalue weighted by molar-refractivity contribution is 0.797. The van der Waals surface area contributed by atoms with E-state index in [0.29, 0.717) is 23.5 Å². The molecular weight excluding hydrogens is 292 g/mol. The smallest absolute Gasteiger partial charge is 0.258 e. The van der Waals surface area contributed by atoms with Crippen molar-refractivity contribution >= 4 is 23.5 Å². The maximum Gasteiger partial charge on any atom is 0.258 e. The second kappa shape index (κ2) is 5.71. The summed E-state index contributed by atoms with van der Waals surface area (Å²) in [6.45, 7) is 0.539. The van der Waals surface area contributed by atoms with E-state index in [1.165, 1.54) is 17.3 Å². The molecule has 0 saturated heterocycles. The minimum Gasteiger partial charge on any atom is -0.368 e. The number of nitrogens with zero attached hydrogens (tertiary/aromatic N) is 6. The molecule has 0 unspecified atom stereocenters. The molecule has 0 aliphatic carbocycles. The second-order valence-corrected chi connectivity index (χ2v) is 4.57. The van der Waals surface area contributed by atoms with Gasteiger partial charge in [0.15, 0.2) is 0 Å². The Kier molecular flexibility index (Phi) is 3.61. The zero-order valence-corrected chi connectivity index (χ0v) is 11.6. The van der Waals surface area contributed by atoms with Crippen molar-refractivity contribution in [2.24, 2.45) is 0 Å². The quantitative estimate of drug-likeness (QED) is 0.748. The molecule has 3 aromatic rings. The molecule has 0 atom stereocenters. The number of nitrogens with one attached hydrogen (secondary N) is 1. The molecule has 1 aromatic carbocycles. The van der Waals surface area contributed by atoms with Crippen molar-refractivity contribution in [2.45, 2.75) is 6.54 Å². The number of hydrogen-bond donors (Lipinski definition) is 2. The van der Waals surface area contributed by atoms with Crippen LogP contribution in [-0.2, 0) is 6.54 Å². The lowest BCUT2D eigenvalue weighted by Gasteiger charge is -2.07. The minimum atomic E-state index is 0.106. The van der Waals surface area contributed by atoms with Gasteiger partial charge in [-0.05, 0) is 17.7 Å². The highest BCUT2D eigenvalue weighted by atomic mass is 35.5. The molecule has 21 heavy (non-hydrogen) atoms. The first-order valence-corrected chi connectivity index (χ1v) is 6.43. The molecule has 3 rings (SSSR count). The third kappa shape index (κ3) is 3.23. The topological polar surface area (TPSA) is 107 Å². The summed E-state index contributed by atoms with van der Waals surface area (Å²) in [5.74, 6) is 0.774. The van der Waals surface area contributed by atoms with Crippen LogP contribution in [0.25, 0.3) is 5.95 Å². The van der Waals surface area contributed by atoms with Crippen LogP contribution in [0.4, 0.5) is 11.9 Å². The number of aromatic nitrogens is 6. The van der Waals surface area contributed by atoms with Gasteiger partial charge in [-0.2, -0.15) is 24.7 Å². The molecule has 0 spiro atoms. The predicted molar refractivity (Wildman–Crippen MR) is 77.9 cm³/mol. The summed E-state index contributed by atoms with van der Waals surface area (Å²) in [5, 5.41) is 7.72.